The van der Waals surface area contributed by atoms with E-state index >= 15 is 0 Å². The van der Waals surface area contributed by atoms with E-state index in [1.807, 2.05) is 4.90 Å². The van der Waals surface area contributed by atoms with Gasteiger partial charge in [-0.2, -0.15) is 0 Å². The molecule has 2 N–H and O–H groups in total. The van der Waals surface area contributed by atoms with Crippen molar-refractivity contribution in [2.45, 2.75) is 30.2 Å². The van der Waals surface area contributed by atoms with Crippen molar-refractivity contribution in [1.82, 2.24) is 9.21 Å². The maximum Gasteiger partial charge on any atom is 0.242 e. The highest BCUT2D eigenvalue weighted by atomic mass is 32.2. The van der Waals surface area contributed by atoms with Crippen LogP contribution in [0.2, 0.25) is 0 Å². The Morgan fingerprint density at radius 1 is 1.43 bits per heavy atom. The molecule has 1 heterocycles. The second-order valence-corrected chi connectivity index (χ2v) is 8.31. The summed E-state index contributed by atoms with van der Waals surface area (Å²) < 4.78 is 25.6. The van der Waals surface area contributed by atoms with E-state index in [9.17, 15) is 13.5 Å². The second-order valence-electron chi connectivity index (χ2n) is 5.77. The summed E-state index contributed by atoms with van der Waals surface area (Å²) in [4.78, 5) is 2.19. The Hall–Kier alpha value is -1.22. The standard InChI is InChI=1S/C15H23N3O3S2/c1-17(2)23(20,21)14-8-5-6-12(10-14)16-15(22)18-9-4-3-7-13(18)11-19/h5-6,8,10,13,19H,3-4,7,9,11H2,1-2H3,(H,16,22)/t13-/m0/s1. The first kappa shape index (κ1) is 18.1. The quantitative estimate of drug-likeness (QED) is 0.796. The van der Waals surface area contributed by atoms with Gasteiger partial charge < -0.3 is 15.3 Å². The number of benzene rings is 1. The lowest BCUT2D eigenvalue weighted by Crippen LogP contribution is -2.47. The summed E-state index contributed by atoms with van der Waals surface area (Å²) in [6, 6.07) is 6.61. The highest BCUT2D eigenvalue weighted by Gasteiger charge is 2.24. The van der Waals surface area contributed by atoms with E-state index in [0.29, 0.717) is 10.8 Å². The Labute approximate surface area is 143 Å². The van der Waals surface area contributed by atoms with Crippen molar-refractivity contribution in [3.63, 3.8) is 0 Å². The van der Waals surface area contributed by atoms with E-state index < -0.39 is 10.0 Å². The molecule has 0 spiro atoms. The molecule has 1 saturated heterocycles. The third-order valence-corrected chi connectivity index (χ3v) is 6.11. The molecule has 1 atom stereocenters. The van der Waals surface area contributed by atoms with E-state index in [-0.39, 0.29) is 17.5 Å². The van der Waals surface area contributed by atoms with Crippen LogP contribution in [0.3, 0.4) is 0 Å². The van der Waals surface area contributed by atoms with Crippen LogP contribution >= 0.6 is 12.2 Å². The minimum Gasteiger partial charge on any atom is -0.394 e. The lowest BCUT2D eigenvalue weighted by Gasteiger charge is -2.36. The van der Waals surface area contributed by atoms with Crippen LogP contribution in [0.25, 0.3) is 0 Å². The predicted octanol–water partition coefficient (Wildman–Crippen LogP) is 1.48. The van der Waals surface area contributed by atoms with E-state index in [1.165, 1.54) is 18.4 Å². The molecule has 0 unspecified atom stereocenters. The molecule has 6 nitrogen and oxygen atoms in total. The van der Waals surface area contributed by atoms with Crippen LogP contribution in [0.15, 0.2) is 29.2 Å². The number of thiocarbonyl (C=S) groups is 1. The molecule has 1 fully saturated rings. The van der Waals surface area contributed by atoms with Gasteiger partial charge in [0, 0.05) is 26.3 Å². The van der Waals surface area contributed by atoms with Crippen molar-refractivity contribution < 1.29 is 13.5 Å². The molecule has 1 aromatic carbocycles. The maximum absolute atomic E-state index is 12.2. The Kier molecular flexibility index (Phi) is 5.96. The normalized spacial score (nSPS) is 19.0. The van der Waals surface area contributed by atoms with Crippen LogP contribution in [0, 0.1) is 0 Å². The SMILES string of the molecule is CN(C)S(=O)(=O)c1cccc(NC(=S)N2CCCC[C@H]2CO)c1. The fourth-order valence-corrected chi connectivity index (χ4v) is 3.90. The van der Waals surface area contributed by atoms with Crippen LogP contribution < -0.4 is 5.32 Å². The third-order valence-electron chi connectivity index (χ3n) is 3.96. The lowest BCUT2D eigenvalue weighted by molar-refractivity contribution is 0.149. The van der Waals surface area contributed by atoms with Crippen molar-refractivity contribution in [3.05, 3.63) is 24.3 Å². The summed E-state index contributed by atoms with van der Waals surface area (Å²) in [5, 5.41) is 13.1. The van der Waals surface area contributed by atoms with Gasteiger partial charge in [-0.1, -0.05) is 6.07 Å². The van der Waals surface area contributed by atoms with E-state index in [1.54, 1.807) is 24.3 Å². The topological polar surface area (TPSA) is 72.9 Å². The lowest BCUT2D eigenvalue weighted by atomic mass is 10.0. The van der Waals surface area contributed by atoms with Gasteiger partial charge in [0.2, 0.25) is 10.0 Å². The minimum absolute atomic E-state index is 0.0254. The average molecular weight is 358 g/mol. The second kappa shape index (κ2) is 7.57. The number of piperidine rings is 1. The molecule has 0 aromatic heterocycles. The number of aliphatic hydroxyl groups is 1. The average Bonchev–Trinajstić information content (AvgIpc) is 2.54. The number of nitrogens with zero attached hydrogens (tertiary/aromatic N) is 2. The largest absolute Gasteiger partial charge is 0.394 e. The summed E-state index contributed by atoms with van der Waals surface area (Å²) in [6.07, 6.45) is 3.03. The first-order valence-corrected chi connectivity index (χ1v) is 9.42. The summed E-state index contributed by atoms with van der Waals surface area (Å²) in [6.45, 7) is 0.865. The highest BCUT2D eigenvalue weighted by molar-refractivity contribution is 7.89. The first-order valence-electron chi connectivity index (χ1n) is 7.57. The van der Waals surface area contributed by atoms with Crippen LogP contribution in [0.5, 0.6) is 0 Å². The highest BCUT2D eigenvalue weighted by Crippen LogP contribution is 2.21. The summed E-state index contributed by atoms with van der Waals surface area (Å²) >= 11 is 5.43. The molecule has 0 amide bonds. The molecular formula is C15H23N3O3S2. The van der Waals surface area contributed by atoms with Gasteiger partial charge in [-0.15, -0.1) is 0 Å². The molecule has 2 rings (SSSR count). The minimum atomic E-state index is -3.48. The van der Waals surface area contributed by atoms with E-state index in [2.05, 4.69) is 5.32 Å². The van der Waals surface area contributed by atoms with Gasteiger partial charge in [0.25, 0.3) is 0 Å². The molecule has 1 aromatic rings. The first-order chi connectivity index (χ1) is 10.9. The van der Waals surface area contributed by atoms with Gasteiger partial charge in [-0.05, 0) is 49.7 Å². The number of nitrogens with one attached hydrogen (secondary N) is 1. The Balaban J connectivity index is 2.16. The van der Waals surface area contributed by atoms with Crippen molar-refractivity contribution in [2.24, 2.45) is 0 Å². The fraction of sp³-hybridized carbons (Fsp3) is 0.533. The molecule has 128 valence electrons. The summed E-state index contributed by atoms with van der Waals surface area (Å²) in [5.74, 6) is 0. The number of aliphatic hydroxyl groups excluding tert-OH is 1. The van der Waals surface area contributed by atoms with Gasteiger partial charge in [-0.25, -0.2) is 12.7 Å². The number of hydrogen-bond donors (Lipinski definition) is 2. The summed E-state index contributed by atoms with van der Waals surface area (Å²) in [5.41, 5.74) is 0.625. The van der Waals surface area contributed by atoms with Crippen LogP contribution in [-0.2, 0) is 10.0 Å². The summed E-state index contributed by atoms with van der Waals surface area (Å²) in [7, 11) is -0.480. The number of anilines is 1. The van der Waals surface area contributed by atoms with Crippen LogP contribution in [0.1, 0.15) is 19.3 Å². The Morgan fingerprint density at radius 2 is 2.17 bits per heavy atom. The molecule has 1 aliphatic heterocycles. The zero-order valence-electron chi connectivity index (χ0n) is 13.4. The third kappa shape index (κ3) is 4.20. The fourth-order valence-electron chi connectivity index (χ4n) is 2.60. The van der Waals surface area contributed by atoms with Gasteiger partial charge in [-0.3, -0.25) is 0 Å². The Morgan fingerprint density at radius 3 is 2.83 bits per heavy atom. The van der Waals surface area contributed by atoms with Crippen molar-refractivity contribution in [2.75, 3.05) is 32.6 Å². The van der Waals surface area contributed by atoms with Gasteiger partial charge in [0.1, 0.15) is 0 Å². The number of likely N-dealkylation sites (tertiary alicyclic amines) is 1. The molecule has 0 aliphatic carbocycles. The van der Waals surface area contributed by atoms with Gasteiger partial charge in [0.15, 0.2) is 5.11 Å². The van der Waals surface area contributed by atoms with Crippen LogP contribution in [0.4, 0.5) is 5.69 Å². The maximum atomic E-state index is 12.2. The molecular weight excluding hydrogens is 334 g/mol. The number of hydrogen-bond acceptors (Lipinski definition) is 4. The van der Waals surface area contributed by atoms with Crippen molar-refractivity contribution >= 4 is 33.0 Å². The Bertz CT molecular complexity index is 662. The van der Waals surface area contributed by atoms with Gasteiger partial charge in [0.05, 0.1) is 17.5 Å². The van der Waals surface area contributed by atoms with Gasteiger partial charge >= 0.3 is 0 Å². The zero-order chi connectivity index (χ0) is 17.0. The molecule has 0 radical (unpaired) electrons. The van der Waals surface area contributed by atoms with Crippen LogP contribution in [-0.4, -0.2) is 61.1 Å². The van der Waals surface area contributed by atoms with Crippen molar-refractivity contribution in [1.29, 1.82) is 0 Å². The van der Waals surface area contributed by atoms with Crippen molar-refractivity contribution in [3.8, 4) is 0 Å². The molecule has 1 aliphatic rings. The predicted molar refractivity (Wildman–Crippen MR) is 95.0 cm³/mol. The number of rotatable bonds is 4. The monoisotopic (exact) mass is 357 g/mol. The molecule has 0 bridgehead atoms. The molecule has 0 saturated carbocycles. The molecule has 8 heteroatoms. The number of sulfonamides is 1. The smallest absolute Gasteiger partial charge is 0.242 e. The van der Waals surface area contributed by atoms with E-state index in [0.717, 1.165) is 25.8 Å². The molecule has 23 heavy (non-hydrogen) atoms. The van der Waals surface area contributed by atoms with E-state index in [4.69, 9.17) is 12.2 Å². The zero-order valence-corrected chi connectivity index (χ0v) is 15.0.